The van der Waals surface area contributed by atoms with E-state index in [9.17, 15) is 13.2 Å². The van der Waals surface area contributed by atoms with Crippen LogP contribution in [0, 0.1) is 6.92 Å². The third kappa shape index (κ3) is 5.52. The Morgan fingerprint density at radius 2 is 1.75 bits per heavy atom. The highest BCUT2D eigenvalue weighted by Gasteiger charge is 2.30. The van der Waals surface area contributed by atoms with E-state index < -0.39 is 28.5 Å². The molecule has 3 aromatic rings. The van der Waals surface area contributed by atoms with Crippen LogP contribution in [0.25, 0.3) is 0 Å². The monoisotopic (exact) mass is 530 g/mol. The molecule has 10 heteroatoms. The Hall–Kier alpha value is -3.43. The molecule has 0 aliphatic carbocycles. The molecule has 0 fully saturated rings. The third-order valence-electron chi connectivity index (χ3n) is 5.75. The lowest BCUT2D eigenvalue weighted by Crippen LogP contribution is -2.41. The topological polar surface area (TPSA) is 94.2 Å². The molecule has 0 saturated carbocycles. The number of halogens is 1. The number of methoxy groups -OCH3 is 1. The third-order valence-corrected chi connectivity index (χ3v) is 7.76. The largest absolute Gasteiger partial charge is 0.495 e. The average Bonchev–Trinajstić information content (AvgIpc) is 2.87. The molecule has 36 heavy (non-hydrogen) atoms. The van der Waals surface area contributed by atoms with Gasteiger partial charge >= 0.3 is 0 Å². The van der Waals surface area contributed by atoms with Crippen LogP contribution in [0.4, 0.5) is 5.69 Å². The first-order chi connectivity index (χ1) is 17.2. The fraction of sp³-hybridized carbons (Fsp3) is 0.269. The minimum Gasteiger partial charge on any atom is -0.495 e. The molecule has 1 heterocycles. The zero-order valence-electron chi connectivity index (χ0n) is 20.2. The van der Waals surface area contributed by atoms with E-state index >= 15 is 0 Å². The Kier molecular flexibility index (Phi) is 7.61. The van der Waals surface area contributed by atoms with Crippen LogP contribution in [-0.4, -0.2) is 41.2 Å². The number of hydrogen-bond acceptors (Lipinski definition) is 6. The fourth-order valence-corrected chi connectivity index (χ4v) is 5.42. The molecule has 1 aliphatic rings. The Bertz CT molecular complexity index is 1360. The van der Waals surface area contributed by atoms with Gasteiger partial charge in [0.2, 0.25) is 5.91 Å². The highest BCUT2D eigenvalue weighted by molar-refractivity contribution is 7.92. The molecule has 0 spiro atoms. The lowest BCUT2D eigenvalue weighted by atomic mass is 10.1. The quantitative estimate of drug-likeness (QED) is 0.461. The van der Waals surface area contributed by atoms with Crippen LogP contribution in [0.1, 0.15) is 24.1 Å². The van der Waals surface area contributed by atoms with Gasteiger partial charge in [0.1, 0.15) is 25.5 Å². The molecule has 1 aliphatic heterocycles. The van der Waals surface area contributed by atoms with E-state index in [1.807, 2.05) is 19.9 Å². The molecule has 4 rings (SSSR count). The van der Waals surface area contributed by atoms with Crippen LogP contribution in [0.15, 0.2) is 65.6 Å². The van der Waals surface area contributed by atoms with Crippen molar-refractivity contribution in [3.63, 3.8) is 0 Å². The maximum Gasteiger partial charge on any atom is 0.264 e. The number of carbonyl (C=O) groups excluding carboxylic acids is 1. The van der Waals surface area contributed by atoms with E-state index in [4.69, 9.17) is 25.8 Å². The van der Waals surface area contributed by atoms with Crippen LogP contribution in [0.2, 0.25) is 5.02 Å². The van der Waals surface area contributed by atoms with Crippen molar-refractivity contribution in [3.8, 4) is 17.2 Å². The highest BCUT2D eigenvalue weighted by Crippen LogP contribution is 2.35. The second kappa shape index (κ2) is 10.7. The van der Waals surface area contributed by atoms with Crippen molar-refractivity contribution in [3.05, 3.63) is 76.8 Å². The van der Waals surface area contributed by atoms with Gasteiger partial charge in [-0.25, -0.2) is 8.42 Å². The van der Waals surface area contributed by atoms with Gasteiger partial charge in [-0.05, 0) is 61.9 Å². The summed E-state index contributed by atoms with van der Waals surface area (Å²) in [6.45, 7) is 4.12. The molecule has 1 amide bonds. The normalized spacial score (nSPS) is 13.6. The Balaban J connectivity index is 1.63. The van der Waals surface area contributed by atoms with E-state index in [1.54, 1.807) is 36.4 Å². The number of anilines is 1. The van der Waals surface area contributed by atoms with E-state index in [-0.39, 0.29) is 16.3 Å². The van der Waals surface area contributed by atoms with Crippen molar-refractivity contribution in [2.45, 2.75) is 24.8 Å². The van der Waals surface area contributed by atoms with Gasteiger partial charge in [-0.1, -0.05) is 35.4 Å². The van der Waals surface area contributed by atoms with Crippen molar-refractivity contribution >= 4 is 33.2 Å². The minimum absolute atomic E-state index is 0.0443. The highest BCUT2D eigenvalue weighted by atomic mass is 35.5. The van der Waals surface area contributed by atoms with Gasteiger partial charge in [0, 0.05) is 5.02 Å². The zero-order valence-corrected chi connectivity index (χ0v) is 21.7. The van der Waals surface area contributed by atoms with E-state index in [0.29, 0.717) is 29.7 Å². The summed E-state index contributed by atoms with van der Waals surface area (Å²) < 4.78 is 45.0. The smallest absolute Gasteiger partial charge is 0.264 e. The molecule has 8 nitrogen and oxygen atoms in total. The van der Waals surface area contributed by atoms with Crippen molar-refractivity contribution in [1.82, 2.24) is 5.32 Å². The van der Waals surface area contributed by atoms with Crippen molar-refractivity contribution < 1.29 is 27.4 Å². The van der Waals surface area contributed by atoms with E-state index in [2.05, 4.69) is 5.32 Å². The molecule has 3 aromatic carbocycles. The average molecular weight is 531 g/mol. The summed E-state index contributed by atoms with van der Waals surface area (Å²) in [4.78, 5) is 13.2. The zero-order chi connectivity index (χ0) is 25.9. The molecule has 0 unspecified atom stereocenters. The van der Waals surface area contributed by atoms with Crippen LogP contribution in [-0.2, 0) is 14.8 Å². The first-order valence-corrected chi connectivity index (χ1v) is 13.1. The van der Waals surface area contributed by atoms with Crippen molar-refractivity contribution in [2.24, 2.45) is 0 Å². The molecule has 190 valence electrons. The Morgan fingerprint density at radius 3 is 2.44 bits per heavy atom. The van der Waals surface area contributed by atoms with Crippen molar-refractivity contribution in [2.75, 3.05) is 31.2 Å². The number of amides is 1. The molecule has 0 radical (unpaired) electrons. The van der Waals surface area contributed by atoms with E-state index in [1.165, 1.54) is 25.3 Å². The number of carbonyl (C=O) groups is 1. The van der Waals surface area contributed by atoms with Crippen LogP contribution < -0.4 is 23.8 Å². The molecular weight excluding hydrogens is 504 g/mol. The van der Waals surface area contributed by atoms with Crippen molar-refractivity contribution in [1.29, 1.82) is 0 Å². The van der Waals surface area contributed by atoms with Gasteiger partial charge in [-0.15, -0.1) is 0 Å². The summed E-state index contributed by atoms with van der Waals surface area (Å²) in [7, 11) is -2.71. The molecule has 0 aromatic heterocycles. The Labute approximate surface area is 215 Å². The number of benzene rings is 3. The number of ether oxygens (including phenoxy) is 3. The second-order valence-corrected chi connectivity index (χ2v) is 10.6. The molecule has 1 N–H and O–H groups in total. The van der Waals surface area contributed by atoms with Gasteiger partial charge < -0.3 is 19.5 Å². The van der Waals surface area contributed by atoms with Gasteiger partial charge in [-0.2, -0.15) is 0 Å². The number of hydrogen-bond donors (Lipinski definition) is 1. The second-order valence-electron chi connectivity index (χ2n) is 8.33. The fourth-order valence-electron chi connectivity index (χ4n) is 3.83. The van der Waals surface area contributed by atoms with Gasteiger partial charge in [-0.3, -0.25) is 9.10 Å². The number of rotatable bonds is 8. The summed E-state index contributed by atoms with van der Waals surface area (Å²) in [6, 6.07) is 16.0. The number of sulfonamides is 1. The van der Waals surface area contributed by atoms with Crippen LogP contribution in [0.5, 0.6) is 17.2 Å². The number of fused-ring (bicyclic) bond motifs is 1. The summed E-state index contributed by atoms with van der Waals surface area (Å²) in [5.74, 6) is 1.01. The van der Waals surface area contributed by atoms with Gasteiger partial charge in [0.05, 0.1) is 23.7 Å². The molecule has 1 atom stereocenters. The number of nitrogens with one attached hydrogen (secondary N) is 1. The summed E-state index contributed by atoms with van der Waals surface area (Å²) in [6.07, 6.45) is 0. The maximum absolute atomic E-state index is 13.7. The first-order valence-electron chi connectivity index (χ1n) is 11.3. The van der Waals surface area contributed by atoms with Crippen LogP contribution >= 0.6 is 11.6 Å². The molecule has 0 bridgehead atoms. The number of nitrogens with zero attached hydrogens (tertiary/aromatic N) is 1. The lowest BCUT2D eigenvalue weighted by Gasteiger charge is -2.27. The summed E-state index contributed by atoms with van der Waals surface area (Å²) in [5, 5.41) is 3.18. The standard InChI is InChI=1S/C26H27ClN2O6S/c1-17-4-8-21(9-5-17)36(31,32)29(22-15-20(27)7-11-23(22)33-3)16-26(30)28-18(2)19-6-10-24-25(14-19)35-13-12-34-24/h4-11,14-15,18H,12-13,16H2,1-3H3,(H,28,30)/t18-/m0/s1. The summed E-state index contributed by atoms with van der Waals surface area (Å²) >= 11 is 6.19. The molecular formula is C26H27ClN2O6S. The Morgan fingerprint density at radius 1 is 1.06 bits per heavy atom. The van der Waals surface area contributed by atoms with Gasteiger partial charge in [0.15, 0.2) is 11.5 Å². The minimum atomic E-state index is -4.13. The number of aryl methyl sites for hydroxylation is 1. The SMILES string of the molecule is COc1ccc(Cl)cc1N(CC(=O)N[C@@H](C)c1ccc2c(c1)OCCO2)S(=O)(=O)c1ccc(C)cc1. The van der Waals surface area contributed by atoms with E-state index in [0.717, 1.165) is 15.4 Å². The summed E-state index contributed by atoms with van der Waals surface area (Å²) in [5.41, 5.74) is 1.86. The first kappa shape index (κ1) is 25.7. The lowest BCUT2D eigenvalue weighted by molar-refractivity contribution is -0.120. The van der Waals surface area contributed by atoms with Crippen LogP contribution in [0.3, 0.4) is 0 Å². The predicted octanol–water partition coefficient (Wildman–Crippen LogP) is 4.50. The maximum atomic E-state index is 13.7. The predicted molar refractivity (Wildman–Crippen MR) is 138 cm³/mol. The van der Waals surface area contributed by atoms with Gasteiger partial charge in [0.25, 0.3) is 10.0 Å². The molecule has 0 saturated heterocycles.